The molecule has 4 rings (SSSR count). The lowest BCUT2D eigenvalue weighted by atomic mass is 10.0. The number of benzene rings is 1. The molecule has 0 bridgehead atoms. The number of rotatable bonds is 6. The maximum Gasteiger partial charge on any atom is 0.230 e. The molecule has 1 atom stereocenters. The molecule has 3 heterocycles. The molecule has 29 heavy (non-hydrogen) atoms. The first-order chi connectivity index (χ1) is 14.1. The monoisotopic (exact) mass is 447 g/mol. The van der Waals surface area contributed by atoms with E-state index >= 15 is 0 Å². The Hall–Kier alpha value is -1.90. The minimum atomic E-state index is -0.0590. The first-order valence-electron chi connectivity index (χ1n) is 9.59. The van der Waals surface area contributed by atoms with Crippen molar-refractivity contribution in [1.29, 1.82) is 0 Å². The van der Waals surface area contributed by atoms with Gasteiger partial charge in [0.1, 0.15) is 16.1 Å². The number of halogens is 1. The van der Waals surface area contributed by atoms with Crippen molar-refractivity contribution in [2.45, 2.75) is 31.3 Å². The van der Waals surface area contributed by atoms with Gasteiger partial charge in [0.25, 0.3) is 0 Å². The van der Waals surface area contributed by atoms with E-state index in [4.69, 9.17) is 16.6 Å². The highest BCUT2D eigenvalue weighted by Gasteiger charge is 2.21. The van der Waals surface area contributed by atoms with Gasteiger partial charge in [-0.05, 0) is 30.4 Å². The van der Waals surface area contributed by atoms with Crippen LogP contribution in [0.15, 0.2) is 35.6 Å². The number of aromatic nitrogens is 3. The minimum absolute atomic E-state index is 0.0590. The predicted molar refractivity (Wildman–Crippen MR) is 120 cm³/mol. The number of nitrogens with one attached hydrogen (secondary N) is 1. The highest BCUT2D eigenvalue weighted by molar-refractivity contribution is 8.00. The van der Waals surface area contributed by atoms with E-state index in [0.717, 1.165) is 33.5 Å². The smallest absolute Gasteiger partial charge is 0.230 e. The number of amides is 1. The molecule has 1 aromatic carbocycles. The molecule has 1 fully saturated rings. The van der Waals surface area contributed by atoms with Gasteiger partial charge in [0.15, 0.2) is 10.8 Å². The van der Waals surface area contributed by atoms with Gasteiger partial charge in [-0.15, -0.1) is 0 Å². The molecule has 1 aliphatic rings. The predicted octanol–water partition coefficient (Wildman–Crippen LogP) is 4.38. The van der Waals surface area contributed by atoms with E-state index in [-0.39, 0.29) is 11.7 Å². The van der Waals surface area contributed by atoms with E-state index in [2.05, 4.69) is 27.1 Å². The number of piperidine rings is 1. The van der Waals surface area contributed by atoms with E-state index < -0.39 is 0 Å². The topological polar surface area (TPSA) is 71.0 Å². The minimum Gasteiger partial charge on any atom is -0.351 e. The molecule has 1 amide bonds. The van der Waals surface area contributed by atoms with Crippen molar-refractivity contribution in [3.05, 3.63) is 41.2 Å². The summed E-state index contributed by atoms with van der Waals surface area (Å²) in [5.74, 6) is 0.902. The summed E-state index contributed by atoms with van der Waals surface area (Å²) in [5.41, 5.74) is 1.61. The van der Waals surface area contributed by atoms with Gasteiger partial charge in [-0.2, -0.15) is 4.98 Å². The van der Waals surface area contributed by atoms with Gasteiger partial charge < -0.3 is 10.2 Å². The summed E-state index contributed by atoms with van der Waals surface area (Å²) in [6.45, 7) is 4.75. The number of carbonyl (C=O) groups is 1. The number of carbonyl (C=O) groups excluding carboxylic acids is 1. The lowest BCUT2D eigenvalue weighted by Gasteiger charge is -2.30. The molecule has 0 unspecified atom stereocenters. The number of hydrogen-bond acceptors (Lipinski definition) is 7. The number of anilines is 1. The van der Waals surface area contributed by atoms with Crippen LogP contribution in [0, 0.1) is 5.92 Å². The second-order valence-corrected chi connectivity index (χ2v) is 9.53. The summed E-state index contributed by atoms with van der Waals surface area (Å²) >= 11 is 9.17. The summed E-state index contributed by atoms with van der Waals surface area (Å²) in [6, 6.07) is 7.51. The highest BCUT2D eigenvalue weighted by atomic mass is 35.5. The van der Waals surface area contributed by atoms with Crippen LogP contribution in [-0.4, -0.2) is 39.7 Å². The summed E-state index contributed by atoms with van der Waals surface area (Å²) in [6.07, 6.45) is 3.98. The molecule has 6 nitrogen and oxygen atoms in total. The second-order valence-electron chi connectivity index (χ2n) is 7.18. The highest BCUT2D eigenvalue weighted by Crippen LogP contribution is 2.35. The number of hydrogen-bond donors (Lipinski definition) is 1. The lowest BCUT2D eigenvalue weighted by molar-refractivity contribution is -0.118. The van der Waals surface area contributed by atoms with E-state index in [0.29, 0.717) is 23.1 Å². The van der Waals surface area contributed by atoms with E-state index in [1.807, 2.05) is 24.3 Å². The standard InChI is InChI=1S/C20H22ClN5OS2/c1-13-5-4-8-26(10-13)20-25-18-17(29-20)19(24-12-23-18)28-11-16(27)22-9-14-6-2-3-7-15(14)21/h2-3,6-7,12-13H,4-5,8-11H2,1H3,(H,22,27)/t13-/m0/s1. The van der Waals surface area contributed by atoms with Gasteiger partial charge in [-0.25, -0.2) is 9.97 Å². The molecule has 3 aromatic rings. The number of fused-ring (bicyclic) bond motifs is 1. The van der Waals surface area contributed by atoms with Crippen LogP contribution in [-0.2, 0) is 11.3 Å². The Morgan fingerprint density at radius 3 is 3.07 bits per heavy atom. The van der Waals surface area contributed by atoms with Crippen LogP contribution in [0.3, 0.4) is 0 Å². The zero-order valence-corrected chi connectivity index (χ0v) is 18.5. The maximum absolute atomic E-state index is 12.3. The summed E-state index contributed by atoms with van der Waals surface area (Å²) < 4.78 is 0.949. The normalized spacial score (nSPS) is 16.9. The first-order valence-corrected chi connectivity index (χ1v) is 11.8. The van der Waals surface area contributed by atoms with Gasteiger partial charge in [-0.3, -0.25) is 4.79 Å². The van der Waals surface area contributed by atoms with Crippen LogP contribution in [0.4, 0.5) is 5.13 Å². The van der Waals surface area contributed by atoms with Crippen molar-refractivity contribution in [3.63, 3.8) is 0 Å². The molecule has 0 aliphatic carbocycles. The summed E-state index contributed by atoms with van der Waals surface area (Å²) in [7, 11) is 0. The Kier molecular flexibility index (Phi) is 6.52. The van der Waals surface area contributed by atoms with Crippen molar-refractivity contribution in [3.8, 4) is 0 Å². The van der Waals surface area contributed by atoms with E-state index in [1.165, 1.54) is 30.9 Å². The molecule has 0 saturated carbocycles. The Balaban J connectivity index is 1.40. The van der Waals surface area contributed by atoms with Crippen molar-refractivity contribution >= 4 is 56.1 Å². The third-order valence-electron chi connectivity index (χ3n) is 4.85. The SMILES string of the molecule is C[C@H]1CCCN(c2nc3ncnc(SCC(=O)NCc4ccccc4Cl)c3s2)C1. The first kappa shape index (κ1) is 20.4. The number of thiazole rings is 1. The Labute approximate surface area is 183 Å². The fraction of sp³-hybridized carbons (Fsp3) is 0.400. The third kappa shape index (κ3) is 4.99. The van der Waals surface area contributed by atoms with Gasteiger partial charge in [-0.1, -0.05) is 59.8 Å². The van der Waals surface area contributed by atoms with Crippen LogP contribution in [0.2, 0.25) is 5.02 Å². The van der Waals surface area contributed by atoms with Gasteiger partial charge in [0.05, 0.1) is 5.75 Å². The summed E-state index contributed by atoms with van der Waals surface area (Å²) in [5, 5.41) is 5.37. The molecular weight excluding hydrogens is 426 g/mol. The molecule has 9 heteroatoms. The van der Waals surface area contributed by atoms with Crippen LogP contribution in [0.1, 0.15) is 25.3 Å². The molecule has 1 saturated heterocycles. The average molecular weight is 448 g/mol. The fourth-order valence-electron chi connectivity index (χ4n) is 3.34. The molecule has 0 spiro atoms. The molecule has 2 aromatic heterocycles. The van der Waals surface area contributed by atoms with Crippen LogP contribution >= 0.6 is 34.7 Å². The third-order valence-corrected chi connectivity index (χ3v) is 7.45. The molecule has 1 N–H and O–H groups in total. The zero-order chi connectivity index (χ0) is 20.2. The Bertz CT molecular complexity index is 1010. The van der Waals surface area contributed by atoms with Crippen LogP contribution in [0.25, 0.3) is 10.3 Å². The quantitative estimate of drug-likeness (QED) is 0.446. The van der Waals surface area contributed by atoms with Gasteiger partial charge in [0, 0.05) is 24.7 Å². The Morgan fingerprint density at radius 1 is 1.38 bits per heavy atom. The summed E-state index contributed by atoms with van der Waals surface area (Å²) in [4.78, 5) is 28.0. The molecule has 152 valence electrons. The number of nitrogens with zero attached hydrogens (tertiary/aromatic N) is 4. The van der Waals surface area contributed by atoms with Gasteiger partial charge in [0.2, 0.25) is 5.91 Å². The van der Waals surface area contributed by atoms with E-state index in [1.54, 1.807) is 11.3 Å². The zero-order valence-electron chi connectivity index (χ0n) is 16.1. The molecule has 1 aliphatic heterocycles. The van der Waals surface area contributed by atoms with Crippen molar-refractivity contribution < 1.29 is 4.79 Å². The van der Waals surface area contributed by atoms with E-state index in [9.17, 15) is 4.79 Å². The Morgan fingerprint density at radius 2 is 2.24 bits per heavy atom. The van der Waals surface area contributed by atoms with Crippen LogP contribution in [0.5, 0.6) is 0 Å². The van der Waals surface area contributed by atoms with Gasteiger partial charge >= 0.3 is 0 Å². The van der Waals surface area contributed by atoms with Crippen molar-refractivity contribution in [2.24, 2.45) is 5.92 Å². The number of thioether (sulfide) groups is 1. The lowest BCUT2D eigenvalue weighted by Crippen LogP contribution is -2.34. The average Bonchev–Trinajstić information content (AvgIpc) is 3.17. The fourth-order valence-corrected chi connectivity index (χ4v) is 5.50. The van der Waals surface area contributed by atoms with Crippen molar-refractivity contribution in [1.82, 2.24) is 20.3 Å². The molecular formula is C20H22ClN5OS2. The largest absolute Gasteiger partial charge is 0.351 e. The maximum atomic E-state index is 12.3. The van der Waals surface area contributed by atoms with Crippen molar-refractivity contribution in [2.75, 3.05) is 23.7 Å². The van der Waals surface area contributed by atoms with Crippen LogP contribution < -0.4 is 10.2 Å². The second kappa shape index (κ2) is 9.28. The molecule has 0 radical (unpaired) electrons.